The summed E-state index contributed by atoms with van der Waals surface area (Å²) in [7, 11) is 0. The highest BCUT2D eigenvalue weighted by molar-refractivity contribution is 5.19. The summed E-state index contributed by atoms with van der Waals surface area (Å²) in [4.78, 5) is 0. The van der Waals surface area contributed by atoms with Crippen LogP contribution in [0.2, 0.25) is 0 Å². The van der Waals surface area contributed by atoms with Crippen LogP contribution in [-0.4, -0.2) is 17.3 Å². The van der Waals surface area contributed by atoms with Gasteiger partial charge in [0.2, 0.25) is 0 Å². The van der Waals surface area contributed by atoms with Crippen molar-refractivity contribution in [1.82, 2.24) is 5.32 Å². The SMILES string of the molecule is CCC(NCC1(O)CCC(C)(C)CC1)c1ccc(F)cc1. The van der Waals surface area contributed by atoms with Gasteiger partial charge in [-0.2, -0.15) is 0 Å². The zero-order valence-electron chi connectivity index (χ0n) is 13.5. The first-order chi connectivity index (χ1) is 9.84. The van der Waals surface area contributed by atoms with Crippen LogP contribution in [0.3, 0.4) is 0 Å². The van der Waals surface area contributed by atoms with E-state index >= 15 is 0 Å². The molecule has 1 unspecified atom stereocenters. The monoisotopic (exact) mass is 293 g/mol. The highest BCUT2D eigenvalue weighted by Gasteiger charge is 2.36. The molecule has 0 amide bonds. The number of nitrogens with one attached hydrogen (secondary N) is 1. The van der Waals surface area contributed by atoms with Crippen LogP contribution in [0.5, 0.6) is 0 Å². The molecule has 0 saturated heterocycles. The molecule has 2 rings (SSSR count). The second-order valence-corrected chi connectivity index (χ2v) is 7.28. The van der Waals surface area contributed by atoms with Crippen LogP contribution in [-0.2, 0) is 0 Å². The van der Waals surface area contributed by atoms with Crippen LogP contribution >= 0.6 is 0 Å². The molecule has 0 radical (unpaired) electrons. The van der Waals surface area contributed by atoms with E-state index in [1.807, 2.05) is 12.1 Å². The summed E-state index contributed by atoms with van der Waals surface area (Å²) >= 11 is 0. The molecule has 1 aromatic rings. The maximum absolute atomic E-state index is 13.0. The number of rotatable bonds is 5. The Bertz CT molecular complexity index is 445. The van der Waals surface area contributed by atoms with E-state index in [-0.39, 0.29) is 11.9 Å². The minimum Gasteiger partial charge on any atom is -0.389 e. The van der Waals surface area contributed by atoms with Gasteiger partial charge in [0.05, 0.1) is 5.60 Å². The Balaban J connectivity index is 1.92. The van der Waals surface area contributed by atoms with Crippen LogP contribution in [0.4, 0.5) is 4.39 Å². The van der Waals surface area contributed by atoms with Gasteiger partial charge in [0.25, 0.3) is 0 Å². The third-order valence-corrected chi connectivity index (χ3v) is 4.89. The molecule has 0 heterocycles. The number of hydrogen-bond donors (Lipinski definition) is 2. The van der Waals surface area contributed by atoms with E-state index in [0.29, 0.717) is 12.0 Å². The summed E-state index contributed by atoms with van der Waals surface area (Å²) < 4.78 is 13.0. The Morgan fingerprint density at radius 1 is 1.14 bits per heavy atom. The second kappa shape index (κ2) is 6.45. The number of benzene rings is 1. The summed E-state index contributed by atoms with van der Waals surface area (Å²) in [6.07, 6.45) is 4.77. The molecule has 0 aromatic heterocycles. The minimum absolute atomic E-state index is 0.171. The lowest BCUT2D eigenvalue weighted by atomic mass is 9.71. The number of aliphatic hydroxyl groups is 1. The van der Waals surface area contributed by atoms with Crippen LogP contribution in [0, 0.1) is 11.2 Å². The van der Waals surface area contributed by atoms with Crippen LogP contribution in [0.25, 0.3) is 0 Å². The first-order valence-corrected chi connectivity index (χ1v) is 8.05. The van der Waals surface area contributed by atoms with E-state index in [4.69, 9.17) is 0 Å². The van der Waals surface area contributed by atoms with E-state index in [2.05, 4.69) is 26.1 Å². The summed E-state index contributed by atoms with van der Waals surface area (Å²) in [5.74, 6) is -0.207. The molecule has 1 aliphatic rings. The number of halogens is 1. The van der Waals surface area contributed by atoms with Gasteiger partial charge in [-0.3, -0.25) is 0 Å². The fourth-order valence-corrected chi connectivity index (χ4v) is 3.08. The van der Waals surface area contributed by atoms with Gasteiger partial charge in [0, 0.05) is 12.6 Å². The van der Waals surface area contributed by atoms with Crippen molar-refractivity contribution >= 4 is 0 Å². The minimum atomic E-state index is -0.594. The molecule has 1 fully saturated rings. The van der Waals surface area contributed by atoms with E-state index < -0.39 is 5.60 Å². The highest BCUT2D eigenvalue weighted by Crippen LogP contribution is 2.40. The number of hydrogen-bond acceptors (Lipinski definition) is 2. The largest absolute Gasteiger partial charge is 0.389 e. The Morgan fingerprint density at radius 3 is 2.24 bits per heavy atom. The quantitative estimate of drug-likeness (QED) is 0.853. The summed E-state index contributed by atoms with van der Waals surface area (Å²) in [5.41, 5.74) is 0.842. The smallest absolute Gasteiger partial charge is 0.123 e. The van der Waals surface area contributed by atoms with Gasteiger partial charge in [-0.15, -0.1) is 0 Å². The third-order valence-electron chi connectivity index (χ3n) is 4.89. The van der Waals surface area contributed by atoms with Crippen LogP contribution in [0.15, 0.2) is 24.3 Å². The van der Waals surface area contributed by atoms with E-state index in [1.165, 1.54) is 12.1 Å². The molecule has 1 aliphatic carbocycles. The average Bonchev–Trinajstić information content (AvgIpc) is 2.45. The lowest BCUT2D eigenvalue weighted by Gasteiger charge is -2.41. The zero-order valence-corrected chi connectivity index (χ0v) is 13.5. The Morgan fingerprint density at radius 2 is 1.71 bits per heavy atom. The molecule has 3 heteroatoms. The van der Waals surface area contributed by atoms with Crippen LogP contribution < -0.4 is 5.32 Å². The second-order valence-electron chi connectivity index (χ2n) is 7.28. The van der Waals surface area contributed by atoms with Crippen LogP contribution in [0.1, 0.15) is 64.5 Å². The molecule has 118 valence electrons. The average molecular weight is 293 g/mol. The molecule has 2 N–H and O–H groups in total. The topological polar surface area (TPSA) is 32.3 Å². The van der Waals surface area contributed by atoms with Crippen molar-refractivity contribution in [3.8, 4) is 0 Å². The first kappa shape index (κ1) is 16.4. The van der Waals surface area contributed by atoms with E-state index in [9.17, 15) is 9.50 Å². The highest BCUT2D eigenvalue weighted by atomic mass is 19.1. The van der Waals surface area contributed by atoms with Gasteiger partial charge in [-0.1, -0.05) is 32.9 Å². The Labute approximate surface area is 127 Å². The van der Waals surface area contributed by atoms with Crippen molar-refractivity contribution in [2.24, 2.45) is 5.41 Å². The third kappa shape index (κ3) is 4.52. The molecule has 0 spiro atoms. The molecule has 0 aliphatic heterocycles. The maximum Gasteiger partial charge on any atom is 0.123 e. The predicted molar refractivity (Wildman–Crippen MR) is 84.6 cm³/mol. The molecule has 1 aromatic carbocycles. The van der Waals surface area contributed by atoms with Crippen molar-refractivity contribution in [3.63, 3.8) is 0 Å². The van der Waals surface area contributed by atoms with Gasteiger partial charge < -0.3 is 10.4 Å². The summed E-state index contributed by atoms with van der Waals surface area (Å²) in [6, 6.07) is 6.81. The Kier molecular flexibility index (Phi) is 5.05. The standard InChI is InChI=1S/C18H28FNO/c1-4-16(14-5-7-15(19)8-6-14)20-13-18(21)11-9-17(2,3)10-12-18/h5-8,16,20-21H,4,9-13H2,1-3H3. The van der Waals surface area contributed by atoms with E-state index in [0.717, 1.165) is 37.7 Å². The zero-order chi connectivity index (χ0) is 15.5. The van der Waals surface area contributed by atoms with Gasteiger partial charge >= 0.3 is 0 Å². The van der Waals surface area contributed by atoms with E-state index in [1.54, 1.807) is 0 Å². The fraction of sp³-hybridized carbons (Fsp3) is 0.667. The lowest BCUT2D eigenvalue weighted by Crippen LogP contribution is -2.45. The van der Waals surface area contributed by atoms with Gasteiger partial charge in [-0.25, -0.2) is 4.39 Å². The van der Waals surface area contributed by atoms with Crippen molar-refractivity contribution < 1.29 is 9.50 Å². The molecular weight excluding hydrogens is 265 g/mol. The van der Waals surface area contributed by atoms with Crippen molar-refractivity contribution in [2.75, 3.05) is 6.54 Å². The normalized spacial score (nSPS) is 22.0. The molecule has 1 atom stereocenters. The van der Waals surface area contributed by atoms with Gasteiger partial charge in [-0.05, 0) is 55.2 Å². The van der Waals surface area contributed by atoms with Gasteiger partial charge in [0.15, 0.2) is 0 Å². The fourth-order valence-electron chi connectivity index (χ4n) is 3.08. The predicted octanol–water partition coefficient (Wildman–Crippen LogP) is 4.20. The summed E-state index contributed by atoms with van der Waals surface area (Å²) in [5, 5.41) is 14.2. The van der Waals surface area contributed by atoms with Gasteiger partial charge in [0.1, 0.15) is 5.82 Å². The Hall–Kier alpha value is -0.930. The molecule has 0 bridgehead atoms. The molecule has 1 saturated carbocycles. The van der Waals surface area contributed by atoms with Crippen molar-refractivity contribution in [3.05, 3.63) is 35.6 Å². The maximum atomic E-state index is 13.0. The lowest BCUT2D eigenvalue weighted by molar-refractivity contribution is -0.0262. The molecular formula is C18H28FNO. The first-order valence-electron chi connectivity index (χ1n) is 8.05. The molecule has 2 nitrogen and oxygen atoms in total. The van der Waals surface area contributed by atoms with Crippen molar-refractivity contribution in [2.45, 2.75) is 64.5 Å². The molecule has 21 heavy (non-hydrogen) atoms. The summed E-state index contributed by atoms with van der Waals surface area (Å²) in [6.45, 7) is 7.26. The van der Waals surface area contributed by atoms with Crippen molar-refractivity contribution in [1.29, 1.82) is 0 Å².